The Balaban J connectivity index is 1.85. The summed E-state index contributed by atoms with van der Waals surface area (Å²) in [5.74, 6) is -0.365. The minimum atomic E-state index is -0.666. The zero-order valence-corrected chi connectivity index (χ0v) is 13.7. The van der Waals surface area contributed by atoms with E-state index in [-0.39, 0.29) is 0 Å². The molecule has 1 aromatic carbocycles. The summed E-state index contributed by atoms with van der Waals surface area (Å²) in [5.41, 5.74) is 4.15. The number of rotatable bonds is 4. The van der Waals surface area contributed by atoms with Crippen LogP contribution >= 0.6 is 0 Å². The molecule has 1 aliphatic heterocycles. The standard InChI is InChI=1S/C17H23N3O3/c1-13(12-14-6-8-15(23-2)9-7-14)18-19-16(21)17(22)20-10-4-3-5-11-20/h6-9H,3-5,10-12H2,1-2H3,(H,19,21)/b18-13+. The van der Waals surface area contributed by atoms with Gasteiger partial charge < -0.3 is 9.64 Å². The van der Waals surface area contributed by atoms with E-state index in [1.807, 2.05) is 31.2 Å². The van der Waals surface area contributed by atoms with Crippen molar-refractivity contribution in [3.63, 3.8) is 0 Å². The van der Waals surface area contributed by atoms with Crippen molar-refractivity contribution >= 4 is 17.5 Å². The van der Waals surface area contributed by atoms with Crippen LogP contribution in [-0.4, -0.2) is 42.6 Å². The highest BCUT2D eigenvalue weighted by molar-refractivity contribution is 6.35. The number of ether oxygens (including phenoxy) is 1. The monoisotopic (exact) mass is 317 g/mol. The minimum absolute atomic E-state index is 0.495. The maximum absolute atomic E-state index is 12.0. The van der Waals surface area contributed by atoms with Gasteiger partial charge in [-0.25, -0.2) is 5.43 Å². The smallest absolute Gasteiger partial charge is 0.329 e. The summed E-state index contributed by atoms with van der Waals surface area (Å²) in [4.78, 5) is 25.4. The van der Waals surface area contributed by atoms with E-state index in [0.29, 0.717) is 19.5 Å². The molecule has 124 valence electrons. The largest absolute Gasteiger partial charge is 0.497 e. The lowest BCUT2D eigenvalue weighted by Gasteiger charge is -2.25. The van der Waals surface area contributed by atoms with Crippen molar-refractivity contribution in [3.8, 4) is 5.75 Å². The third kappa shape index (κ3) is 5.09. The zero-order valence-electron chi connectivity index (χ0n) is 13.7. The predicted molar refractivity (Wildman–Crippen MR) is 88.4 cm³/mol. The Bertz CT molecular complexity index is 575. The van der Waals surface area contributed by atoms with Crippen LogP contribution in [0.1, 0.15) is 31.7 Å². The van der Waals surface area contributed by atoms with Crippen LogP contribution in [0.2, 0.25) is 0 Å². The summed E-state index contributed by atoms with van der Waals surface area (Å²) in [6.45, 7) is 3.12. The maximum Gasteiger partial charge on any atom is 0.329 e. The van der Waals surface area contributed by atoms with E-state index in [2.05, 4.69) is 10.5 Å². The lowest BCUT2D eigenvalue weighted by molar-refractivity contribution is -0.146. The second-order valence-corrected chi connectivity index (χ2v) is 5.67. The Hall–Kier alpha value is -2.37. The van der Waals surface area contributed by atoms with Crippen LogP contribution < -0.4 is 10.2 Å². The van der Waals surface area contributed by atoms with Gasteiger partial charge in [0.2, 0.25) is 0 Å². The van der Waals surface area contributed by atoms with E-state index in [1.54, 1.807) is 12.0 Å². The number of benzene rings is 1. The molecule has 0 bridgehead atoms. The minimum Gasteiger partial charge on any atom is -0.497 e. The van der Waals surface area contributed by atoms with E-state index >= 15 is 0 Å². The van der Waals surface area contributed by atoms with Gasteiger partial charge in [0.15, 0.2) is 0 Å². The summed E-state index contributed by atoms with van der Waals surface area (Å²) in [6, 6.07) is 7.64. The summed E-state index contributed by atoms with van der Waals surface area (Å²) < 4.78 is 5.11. The average molecular weight is 317 g/mol. The van der Waals surface area contributed by atoms with Crippen molar-refractivity contribution < 1.29 is 14.3 Å². The molecule has 0 aliphatic carbocycles. The number of piperidine rings is 1. The molecule has 1 aromatic rings. The molecular weight excluding hydrogens is 294 g/mol. The Kier molecular flexibility index (Phi) is 6.14. The van der Waals surface area contributed by atoms with E-state index < -0.39 is 11.8 Å². The van der Waals surface area contributed by atoms with Crippen LogP contribution in [-0.2, 0) is 16.0 Å². The first-order valence-electron chi connectivity index (χ1n) is 7.85. The fraction of sp³-hybridized carbons (Fsp3) is 0.471. The molecule has 1 aliphatic rings. The maximum atomic E-state index is 12.0. The molecule has 0 aromatic heterocycles. The lowest BCUT2D eigenvalue weighted by Crippen LogP contribution is -2.44. The molecule has 0 radical (unpaired) electrons. The number of methoxy groups -OCH3 is 1. The number of amides is 2. The number of nitrogens with zero attached hydrogens (tertiary/aromatic N) is 2. The van der Waals surface area contributed by atoms with Gasteiger partial charge in [0.1, 0.15) is 5.75 Å². The summed E-state index contributed by atoms with van der Waals surface area (Å²) >= 11 is 0. The molecule has 0 saturated carbocycles. The number of carbonyl (C=O) groups is 2. The van der Waals surface area contributed by atoms with Gasteiger partial charge in [-0.15, -0.1) is 0 Å². The molecule has 23 heavy (non-hydrogen) atoms. The van der Waals surface area contributed by atoms with Gasteiger partial charge in [-0.1, -0.05) is 12.1 Å². The Labute approximate surface area is 136 Å². The number of hydrogen-bond acceptors (Lipinski definition) is 4. The van der Waals surface area contributed by atoms with Crippen LogP contribution in [0.5, 0.6) is 5.75 Å². The van der Waals surface area contributed by atoms with Gasteiger partial charge in [-0.3, -0.25) is 9.59 Å². The highest BCUT2D eigenvalue weighted by Crippen LogP contribution is 2.12. The number of nitrogens with one attached hydrogen (secondary N) is 1. The summed E-state index contributed by atoms with van der Waals surface area (Å²) in [5, 5.41) is 4.02. The fourth-order valence-electron chi connectivity index (χ4n) is 2.51. The molecule has 1 heterocycles. The number of hydrogen-bond donors (Lipinski definition) is 1. The van der Waals surface area contributed by atoms with E-state index in [9.17, 15) is 9.59 Å². The molecule has 6 nitrogen and oxygen atoms in total. The molecule has 1 N–H and O–H groups in total. The molecular formula is C17H23N3O3. The van der Waals surface area contributed by atoms with Gasteiger partial charge in [0.25, 0.3) is 0 Å². The van der Waals surface area contributed by atoms with Crippen LogP contribution in [0.15, 0.2) is 29.4 Å². The van der Waals surface area contributed by atoms with Crippen molar-refractivity contribution in [1.29, 1.82) is 0 Å². The first-order valence-corrected chi connectivity index (χ1v) is 7.85. The van der Waals surface area contributed by atoms with Crippen molar-refractivity contribution in [2.75, 3.05) is 20.2 Å². The van der Waals surface area contributed by atoms with Gasteiger partial charge in [0.05, 0.1) is 7.11 Å². The van der Waals surface area contributed by atoms with Crippen molar-refractivity contribution in [2.24, 2.45) is 5.10 Å². The first-order chi connectivity index (χ1) is 11.1. The molecule has 6 heteroatoms. The van der Waals surface area contributed by atoms with Gasteiger partial charge in [0, 0.05) is 25.2 Å². The second-order valence-electron chi connectivity index (χ2n) is 5.67. The molecule has 0 unspecified atom stereocenters. The Morgan fingerprint density at radius 2 is 1.83 bits per heavy atom. The van der Waals surface area contributed by atoms with E-state index in [0.717, 1.165) is 36.3 Å². The molecule has 0 atom stereocenters. The van der Waals surface area contributed by atoms with Crippen molar-refractivity contribution in [2.45, 2.75) is 32.6 Å². The SMILES string of the molecule is COc1ccc(C/C(C)=N/NC(=O)C(=O)N2CCCCC2)cc1. The topological polar surface area (TPSA) is 71.0 Å². The van der Waals surface area contributed by atoms with Gasteiger partial charge in [-0.2, -0.15) is 5.10 Å². The normalized spacial score (nSPS) is 15.2. The number of carbonyl (C=O) groups excluding carboxylic acids is 2. The van der Waals surface area contributed by atoms with Crippen molar-refractivity contribution in [3.05, 3.63) is 29.8 Å². The summed E-state index contributed by atoms with van der Waals surface area (Å²) in [7, 11) is 1.62. The third-order valence-corrected chi connectivity index (χ3v) is 3.80. The average Bonchev–Trinajstić information content (AvgIpc) is 2.60. The molecule has 2 amide bonds. The highest BCUT2D eigenvalue weighted by Gasteiger charge is 2.22. The quantitative estimate of drug-likeness (QED) is 0.522. The second kappa shape index (κ2) is 8.31. The van der Waals surface area contributed by atoms with Crippen LogP contribution in [0.3, 0.4) is 0 Å². The fourth-order valence-corrected chi connectivity index (χ4v) is 2.51. The number of likely N-dealkylation sites (tertiary alicyclic amines) is 1. The van der Waals surface area contributed by atoms with Gasteiger partial charge in [-0.05, 0) is 43.9 Å². The molecule has 1 saturated heterocycles. The van der Waals surface area contributed by atoms with E-state index in [4.69, 9.17) is 4.74 Å². The van der Waals surface area contributed by atoms with Crippen LogP contribution in [0.25, 0.3) is 0 Å². The first kappa shape index (κ1) is 17.0. The Morgan fingerprint density at radius 3 is 2.43 bits per heavy atom. The zero-order chi connectivity index (χ0) is 16.7. The highest BCUT2D eigenvalue weighted by atomic mass is 16.5. The van der Waals surface area contributed by atoms with Crippen LogP contribution in [0, 0.1) is 0 Å². The summed E-state index contributed by atoms with van der Waals surface area (Å²) in [6.07, 6.45) is 3.63. The van der Waals surface area contributed by atoms with Crippen molar-refractivity contribution in [1.82, 2.24) is 10.3 Å². The molecule has 2 rings (SSSR count). The Morgan fingerprint density at radius 1 is 1.17 bits per heavy atom. The molecule has 0 spiro atoms. The van der Waals surface area contributed by atoms with Crippen LogP contribution in [0.4, 0.5) is 0 Å². The van der Waals surface area contributed by atoms with Gasteiger partial charge >= 0.3 is 11.8 Å². The third-order valence-electron chi connectivity index (χ3n) is 3.80. The molecule has 1 fully saturated rings. The van der Waals surface area contributed by atoms with E-state index in [1.165, 1.54) is 0 Å². The number of hydrazone groups is 1. The lowest BCUT2D eigenvalue weighted by atomic mass is 10.1. The predicted octanol–water partition coefficient (Wildman–Crippen LogP) is 1.74.